The lowest BCUT2D eigenvalue weighted by Gasteiger charge is -2.20. The first-order valence-corrected chi connectivity index (χ1v) is 3.76. The summed E-state index contributed by atoms with van der Waals surface area (Å²) in [6.07, 6.45) is 1.43. The summed E-state index contributed by atoms with van der Waals surface area (Å²) in [6, 6.07) is 0. The summed E-state index contributed by atoms with van der Waals surface area (Å²) in [5, 5.41) is 14.8. The minimum atomic E-state index is -0.284. The molecular formula is C7H13N3O2. The van der Waals surface area contributed by atoms with Crippen molar-refractivity contribution in [1.82, 2.24) is 14.8 Å². The highest BCUT2D eigenvalue weighted by Gasteiger charge is 2.17. The van der Waals surface area contributed by atoms with Gasteiger partial charge in [-0.3, -0.25) is 4.57 Å². The molecule has 0 bridgehead atoms. The number of aliphatic hydroxyl groups is 1. The van der Waals surface area contributed by atoms with E-state index in [9.17, 15) is 4.79 Å². The third-order valence-electron chi connectivity index (χ3n) is 1.64. The maximum Gasteiger partial charge on any atom is 0.343 e. The van der Waals surface area contributed by atoms with E-state index in [1.807, 2.05) is 13.8 Å². The van der Waals surface area contributed by atoms with Crippen LogP contribution in [-0.4, -0.2) is 26.5 Å². The number of aliphatic hydroxyl groups excluding tert-OH is 1. The molecule has 1 rings (SSSR count). The van der Waals surface area contributed by atoms with Crippen LogP contribution in [0.3, 0.4) is 0 Å². The molecular weight excluding hydrogens is 158 g/mol. The van der Waals surface area contributed by atoms with Crippen molar-refractivity contribution in [2.24, 2.45) is 5.41 Å². The molecule has 0 amide bonds. The molecule has 1 aromatic heterocycles. The normalized spacial score (nSPS) is 11.9. The van der Waals surface area contributed by atoms with Crippen LogP contribution >= 0.6 is 0 Å². The van der Waals surface area contributed by atoms with Crippen molar-refractivity contribution in [3.8, 4) is 0 Å². The summed E-state index contributed by atoms with van der Waals surface area (Å²) < 4.78 is 1.44. The van der Waals surface area contributed by atoms with Gasteiger partial charge in [0.25, 0.3) is 0 Å². The standard InChI is InChI=1S/C7H13N3O2/c1-7(2,4-11)3-10-5-8-9-6(10)12/h5,11H,3-4H2,1-2H3,(H,9,12). The van der Waals surface area contributed by atoms with Gasteiger partial charge in [0.15, 0.2) is 0 Å². The third-order valence-corrected chi connectivity index (χ3v) is 1.64. The van der Waals surface area contributed by atoms with Crippen LogP contribution in [0.1, 0.15) is 13.8 Å². The van der Waals surface area contributed by atoms with Crippen LogP contribution in [0.15, 0.2) is 11.1 Å². The largest absolute Gasteiger partial charge is 0.396 e. The lowest BCUT2D eigenvalue weighted by atomic mass is 9.95. The van der Waals surface area contributed by atoms with E-state index in [0.717, 1.165) is 0 Å². The van der Waals surface area contributed by atoms with Gasteiger partial charge in [-0.15, -0.1) is 0 Å². The number of H-pyrrole nitrogens is 1. The molecule has 0 saturated heterocycles. The summed E-state index contributed by atoms with van der Waals surface area (Å²) in [5.74, 6) is 0. The minimum absolute atomic E-state index is 0.0463. The molecule has 1 aromatic rings. The molecule has 68 valence electrons. The van der Waals surface area contributed by atoms with E-state index in [2.05, 4.69) is 10.2 Å². The van der Waals surface area contributed by atoms with E-state index in [4.69, 9.17) is 5.11 Å². The van der Waals surface area contributed by atoms with Gasteiger partial charge in [-0.25, -0.2) is 9.89 Å². The van der Waals surface area contributed by atoms with E-state index >= 15 is 0 Å². The smallest absolute Gasteiger partial charge is 0.343 e. The highest BCUT2D eigenvalue weighted by atomic mass is 16.3. The molecule has 0 radical (unpaired) electrons. The lowest BCUT2D eigenvalue weighted by Crippen LogP contribution is -2.29. The Kier molecular flexibility index (Phi) is 2.32. The number of hydrogen-bond donors (Lipinski definition) is 2. The highest BCUT2D eigenvalue weighted by molar-refractivity contribution is 4.72. The molecule has 1 heterocycles. The topological polar surface area (TPSA) is 70.9 Å². The van der Waals surface area contributed by atoms with Gasteiger partial charge in [0, 0.05) is 18.6 Å². The average molecular weight is 171 g/mol. The summed E-state index contributed by atoms with van der Waals surface area (Å²) in [6.45, 7) is 4.28. The fourth-order valence-corrected chi connectivity index (χ4v) is 0.894. The molecule has 0 spiro atoms. The molecule has 0 aliphatic carbocycles. The van der Waals surface area contributed by atoms with Crippen LogP contribution < -0.4 is 5.69 Å². The second-order valence-corrected chi connectivity index (χ2v) is 3.61. The highest BCUT2D eigenvalue weighted by Crippen LogP contribution is 2.14. The van der Waals surface area contributed by atoms with Crippen LogP contribution in [0.2, 0.25) is 0 Å². The molecule has 0 saturated carbocycles. The van der Waals surface area contributed by atoms with Crippen molar-refractivity contribution in [3.05, 3.63) is 16.8 Å². The van der Waals surface area contributed by atoms with Crippen LogP contribution in [0, 0.1) is 5.41 Å². The van der Waals surface area contributed by atoms with E-state index in [1.165, 1.54) is 10.9 Å². The van der Waals surface area contributed by atoms with Crippen LogP contribution in [-0.2, 0) is 6.54 Å². The van der Waals surface area contributed by atoms with Crippen LogP contribution in [0.4, 0.5) is 0 Å². The molecule has 2 N–H and O–H groups in total. The SMILES string of the molecule is CC(C)(CO)Cn1cn[nH]c1=O. The second kappa shape index (κ2) is 3.10. The van der Waals surface area contributed by atoms with E-state index in [1.54, 1.807) is 0 Å². The van der Waals surface area contributed by atoms with Gasteiger partial charge in [0.1, 0.15) is 6.33 Å². The molecule has 0 aromatic carbocycles. The first kappa shape index (κ1) is 8.99. The predicted octanol–water partition coefficient (Wildman–Crippen LogP) is -0.410. The second-order valence-electron chi connectivity index (χ2n) is 3.61. The van der Waals surface area contributed by atoms with Crippen molar-refractivity contribution in [2.45, 2.75) is 20.4 Å². The minimum Gasteiger partial charge on any atom is -0.396 e. The monoisotopic (exact) mass is 171 g/mol. The van der Waals surface area contributed by atoms with E-state index < -0.39 is 0 Å². The van der Waals surface area contributed by atoms with E-state index in [-0.39, 0.29) is 17.7 Å². The summed E-state index contributed by atoms with van der Waals surface area (Å²) >= 11 is 0. The first-order valence-electron chi connectivity index (χ1n) is 3.76. The maximum absolute atomic E-state index is 11.0. The number of aromatic nitrogens is 3. The van der Waals surface area contributed by atoms with Crippen molar-refractivity contribution in [1.29, 1.82) is 0 Å². The molecule has 0 aliphatic heterocycles. The zero-order valence-corrected chi connectivity index (χ0v) is 7.24. The molecule has 12 heavy (non-hydrogen) atoms. The Bertz CT molecular complexity index is 300. The van der Waals surface area contributed by atoms with Crippen molar-refractivity contribution in [3.63, 3.8) is 0 Å². The molecule has 0 fully saturated rings. The Balaban J connectivity index is 2.77. The number of nitrogens with one attached hydrogen (secondary N) is 1. The molecule has 5 nitrogen and oxygen atoms in total. The summed E-state index contributed by atoms with van der Waals surface area (Å²) in [5.41, 5.74) is -0.523. The fraction of sp³-hybridized carbons (Fsp3) is 0.714. The Morgan fingerprint density at radius 2 is 2.42 bits per heavy atom. The van der Waals surface area contributed by atoms with Gasteiger partial charge < -0.3 is 5.11 Å². The Hall–Kier alpha value is -1.10. The molecule has 5 heteroatoms. The molecule has 0 atom stereocenters. The zero-order valence-electron chi connectivity index (χ0n) is 7.24. The number of rotatable bonds is 3. The summed E-state index contributed by atoms with van der Waals surface area (Å²) in [4.78, 5) is 11.0. The first-order chi connectivity index (χ1) is 5.55. The summed E-state index contributed by atoms with van der Waals surface area (Å²) in [7, 11) is 0. The zero-order chi connectivity index (χ0) is 9.19. The number of hydrogen-bond acceptors (Lipinski definition) is 3. The van der Waals surface area contributed by atoms with Gasteiger partial charge in [0.05, 0.1) is 0 Å². The average Bonchev–Trinajstić information content (AvgIpc) is 2.36. The predicted molar refractivity (Wildman–Crippen MR) is 43.7 cm³/mol. The molecule has 0 unspecified atom stereocenters. The van der Waals surface area contributed by atoms with Crippen LogP contribution in [0.5, 0.6) is 0 Å². The third kappa shape index (κ3) is 1.94. The van der Waals surface area contributed by atoms with E-state index in [0.29, 0.717) is 6.54 Å². The Labute approximate surface area is 70.0 Å². The Morgan fingerprint density at radius 3 is 2.83 bits per heavy atom. The van der Waals surface area contributed by atoms with Crippen molar-refractivity contribution < 1.29 is 5.11 Å². The van der Waals surface area contributed by atoms with Gasteiger partial charge >= 0.3 is 5.69 Å². The van der Waals surface area contributed by atoms with Gasteiger partial charge in [-0.1, -0.05) is 13.8 Å². The van der Waals surface area contributed by atoms with Crippen molar-refractivity contribution in [2.75, 3.05) is 6.61 Å². The number of nitrogens with zero attached hydrogens (tertiary/aromatic N) is 2. The van der Waals surface area contributed by atoms with Gasteiger partial charge in [-0.05, 0) is 0 Å². The van der Waals surface area contributed by atoms with Gasteiger partial charge in [0.2, 0.25) is 0 Å². The Morgan fingerprint density at radius 1 is 1.75 bits per heavy atom. The maximum atomic E-state index is 11.0. The molecule has 0 aliphatic rings. The van der Waals surface area contributed by atoms with Gasteiger partial charge in [-0.2, -0.15) is 5.10 Å². The number of aromatic amines is 1. The van der Waals surface area contributed by atoms with Crippen LogP contribution in [0.25, 0.3) is 0 Å². The lowest BCUT2D eigenvalue weighted by molar-refractivity contribution is 0.139. The quantitative estimate of drug-likeness (QED) is 0.649. The van der Waals surface area contributed by atoms with Crippen molar-refractivity contribution >= 4 is 0 Å². The fourth-order valence-electron chi connectivity index (χ4n) is 0.894.